The van der Waals surface area contributed by atoms with Gasteiger partial charge in [0.2, 0.25) is 0 Å². The second kappa shape index (κ2) is 10.7. The summed E-state index contributed by atoms with van der Waals surface area (Å²) in [6.07, 6.45) is 0.668. The number of hydrogen-bond acceptors (Lipinski definition) is 4. The Morgan fingerprint density at radius 1 is 1.06 bits per heavy atom. The summed E-state index contributed by atoms with van der Waals surface area (Å²) in [5.41, 5.74) is 1.25. The fourth-order valence-electron chi connectivity index (χ4n) is 3.78. The SMILES string of the molecule is CCOCCCNC(=O)c1ccc2c(c1)N(Cc1ccccc1F)C(=O)c1ccccc1S2=O. The predicted molar refractivity (Wildman–Crippen MR) is 128 cm³/mol. The molecule has 3 aromatic carbocycles. The molecule has 8 heteroatoms. The first-order chi connectivity index (χ1) is 16.5. The summed E-state index contributed by atoms with van der Waals surface area (Å²) in [6.45, 7) is 3.44. The van der Waals surface area contributed by atoms with Gasteiger partial charge in [0, 0.05) is 30.9 Å². The number of ether oxygens (including phenoxy) is 1. The smallest absolute Gasteiger partial charge is 0.259 e. The molecule has 0 aliphatic carbocycles. The van der Waals surface area contributed by atoms with E-state index in [0.717, 1.165) is 0 Å². The van der Waals surface area contributed by atoms with Crippen LogP contribution in [0.25, 0.3) is 0 Å². The van der Waals surface area contributed by atoms with Crippen LogP contribution >= 0.6 is 0 Å². The van der Waals surface area contributed by atoms with Crippen LogP contribution in [0.15, 0.2) is 76.5 Å². The number of carbonyl (C=O) groups is 2. The van der Waals surface area contributed by atoms with Crippen LogP contribution in [0.4, 0.5) is 10.1 Å². The Morgan fingerprint density at radius 2 is 1.82 bits per heavy atom. The monoisotopic (exact) mass is 480 g/mol. The summed E-state index contributed by atoms with van der Waals surface area (Å²) in [4.78, 5) is 28.5. The first kappa shape index (κ1) is 23.8. The van der Waals surface area contributed by atoms with Crippen molar-refractivity contribution in [1.82, 2.24) is 5.32 Å². The molecule has 0 bridgehead atoms. The average molecular weight is 481 g/mol. The van der Waals surface area contributed by atoms with Crippen LogP contribution in [0.2, 0.25) is 0 Å². The van der Waals surface area contributed by atoms with E-state index >= 15 is 0 Å². The molecule has 0 saturated carbocycles. The minimum atomic E-state index is -1.65. The zero-order valence-electron chi connectivity index (χ0n) is 18.8. The normalized spacial score (nSPS) is 14.8. The number of anilines is 1. The van der Waals surface area contributed by atoms with Gasteiger partial charge in [0.25, 0.3) is 11.8 Å². The van der Waals surface area contributed by atoms with E-state index in [0.29, 0.717) is 52.8 Å². The summed E-state index contributed by atoms with van der Waals surface area (Å²) in [5.74, 6) is -1.16. The minimum Gasteiger partial charge on any atom is -0.382 e. The molecule has 0 spiro atoms. The Labute approximate surface area is 200 Å². The van der Waals surface area contributed by atoms with Crippen LogP contribution in [-0.2, 0) is 22.1 Å². The minimum absolute atomic E-state index is 0.0660. The van der Waals surface area contributed by atoms with E-state index in [2.05, 4.69) is 5.32 Å². The Morgan fingerprint density at radius 3 is 2.62 bits per heavy atom. The lowest BCUT2D eigenvalue weighted by Gasteiger charge is -2.24. The molecular formula is C26H25FN2O4S. The molecule has 176 valence electrons. The van der Waals surface area contributed by atoms with Gasteiger partial charge in [-0.3, -0.25) is 9.59 Å². The van der Waals surface area contributed by atoms with Crippen LogP contribution in [0.3, 0.4) is 0 Å². The summed E-state index contributed by atoms with van der Waals surface area (Å²) < 4.78 is 33.2. The third kappa shape index (κ3) is 4.93. The van der Waals surface area contributed by atoms with Crippen LogP contribution in [-0.4, -0.2) is 35.8 Å². The van der Waals surface area contributed by atoms with E-state index in [-0.39, 0.29) is 18.0 Å². The molecule has 2 amide bonds. The van der Waals surface area contributed by atoms with Crippen LogP contribution in [0.1, 0.15) is 39.6 Å². The van der Waals surface area contributed by atoms with Gasteiger partial charge in [0.15, 0.2) is 0 Å². The Hall–Kier alpha value is -3.36. The fourth-order valence-corrected chi connectivity index (χ4v) is 5.13. The number of halogens is 1. The molecule has 34 heavy (non-hydrogen) atoms. The summed E-state index contributed by atoms with van der Waals surface area (Å²) >= 11 is 0. The summed E-state index contributed by atoms with van der Waals surface area (Å²) in [7, 11) is -1.65. The van der Waals surface area contributed by atoms with Crippen molar-refractivity contribution < 1.29 is 22.9 Å². The van der Waals surface area contributed by atoms with Crippen LogP contribution < -0.4 is 10.2 Å². The largest absolute Gasteiger partial charge is 0.382 e. The van der Waals surface area contributed by atoms with Crippen LogP contribution in [0, 0.1) is 5.82 Å². The first-order valence-corrected chi connectivity index (χ1v) is 12.2. The highest BCUT2D eigenvalue weighted by atomic mass is 32.2. The number of amides is 2. The number of benzene rings is 3. The Bertz CT molecular complexity index is 1250. The highest BCUT2D eigenvalue weighted by molar-refractivity contribution is 7.85. The second-order valence-electron chi connectivity index (χ2n) is 7.74. The maximum absolute atomic E-state index is 14.5. The van der Waals surface area contributed by atoms with E-state index < -0.39 is 22.5 Å². The number of fused-ring (bicyclic) bond motifs is 2. The molecule has 4 rings (SSSR count). The van der Waals surface area contributed by atoms with Crippen LogP contribution in [0.5, 0.6) is 0 Å². The molecule has 6 nitrogen and oxygen atoms in total. The topological polar surface area (TPSA) is 75.7 Å². The van der Waals surface area contributed by atoms with Crippen molar-refractivity contribution in [2.45, 2.75) is 29.7 Å². The zero-order chi connectivity index (χ0) is 24.1. The molecule has 1 aliphatic rings. The lowest BCUT2D eigenvalue weighted by Crippen LogP contribution is -2.31. The van der Waals surface area contributed by atoms with Gasteiger partial charge in [-0.15, -0.1) is 0 Å². The molecule has 3 aromatic rings. The maximum Gasteiger partial charge on any atom is 0.259 e. The summed E-state index contributed by atoms with van der Waals surface area (Å²) in [6, 6.07) is 17.6. The van der Waals surface area contributed by atoms with Crippen molar-refractivity contribution in [2.75, 3.05) is 24.7 Å². The number of carbonyl (C=O) groups excluding carboxylic acids is 2. The summed E-state index contributed by atoms with van der Waals surface area (Å²) in [5, 5.41) is 2.84. The Balaban J connectivity index is 1.72. The van der Waals surface area contributed by atoms with Crippen molar-refractivity contribution in [1.29, 1.82) is 0 Å². The van der Waals surface area contributed by atoms with Gasteiger partial charge in [0.05, 0.1) is 38.4 Å². The van der Waals surface area contributed by atoms with E-state index in [1.165, 1.54) is 11.0 Å². The second-order valence-corrected chi connectivity index (χ2v) is 9.15. The predicted octanol–water partition coefficient (Wildman–Crippen LogP) is 4.31. The van der Waals surface area contributed by atoms with E-state index in [1.54, 1.807) is 60.7 Å². The van der Waals surface area contributed by atoms with E-state index in [1.807, 2.05) is 6.92 Å². The third-order valence-corrected chi connectivity index (χ3v) is 7.02. The van der Waals surface area contributed by atoms with Gasteiger partial charge in [-0.25, -0.2) is 8.60 Å². The lowest BCUT2D eigenvalue weighted by atomic mass is 10.1. The van der Waals surface area contributed by atoms with Gasteiger partial charge in [-0.05, 0) is 49.7 Å². The number of rotatable bonds is 8. The van der Waals surface area contributed by atoms with Crippen molar-refractivity contribution >= 4 is 28.3 Å². The molecule has 0 saturated heterocycles. The van der Waals surface area contributed by atoms with Gasteiger partial charge >= 0.3 is 0 Å². The third-order valence-electron chi connectivity index (χ3n) is 5.52. The standard InChI is InChI=1S/C26H25FN2O4S/c1-2-33-15-7-14-28-25(30)18-12-13-24-22(16-18)29(17-19-8-3-5-10-21(19)27)26(31)20-9-4-6-11-23(20)34(24)32/h3-6,8-13,16H,2,7,14-15,17H2,1H3,(H,28,30). The van der Waals surface area contributed by atoms with Gasteiger partial charge < -0.3 is 15.0 Å². The quantitative estimate of drug-likeness (QED) is 0.488. The molecule has 1 heterocycles. The average Bonchev–Trinajstić information content (AvgIpc) is 2.94. The first-order valence-electron chi connectivity index (χ1n) is 11.1. The molecule has 1 N–H and O–H groups in total. The van der Waals surface area contributed by atoms with Crippen molar-refractivity contribution in [2.24, 2.45) is 0 Å². The molecule has 0 aromatic heterocycles. The van der Waals surface area contributed by atoms with Gasteiger partial charge in [-0.2, -0.15) is 0 Å². The Kier molecular flexibility index (Phi) is 7.49. The highest BCUT2D eigenvalue weighted by Crippen LogP contribution is 2.36. The molecule has 1 unspecified atom stereocenters. The molecular weight excluding hydrogens is 455 g/mol. The molecule has 1 aliphatic heterocycles. The number of nitrogens with one attached hydrogen (secondary N) is 1. The van der Waals surface area contributed by atoms with Crippen molar-refractivity contribution in [3.63, 3.8) is 0 Å². The van der Waals surface area contributed by atoms with E-state index in [4.69, 9.17) is 4.74 Å². The number of nitrogens with zero attached hydrogens (tertiary/aromatic N) is 1. The number of hydrogen-bond donors (Lipinski definition) is 1. The lowest BCUT2D eigenvalue weighted by molar-refractivity contribution is 0.0941. The molecule has 0 radical (unpaired) electrons. The fraction of sp³-hybridized carbons (Fsp3) is 0.231. The zero-order valence-corrected chi connectivity index (χ0v) is 19.6. The maximum atomic E-state index is 14.5. The highest BCUT2D eigenvalue weighted by Gasteiger charge is 2.32. The molecule has 0 fully saturated rings. The van der Waals surface area contributed by atoms with Gasteiger partial charge in [0.1, 0.15) is 5.82 Å². The van der Waals surface area contributed by atoms with Crippen molar-refractivity contribution in [3.05, 3.63) is 89.2 Å². The van der Waals surface area contributed by atoms with E-state index in [9.17, 15) is 18.2 Å². The van der Waals surface area contributed by atoms with Crippen molar-refractivity contribution in [3.8, 4) is 0 Å². The molecule has 1 atom stereocenters. The van der Waals surface area contributed by atoms with Gasteiger partial charge in [-0.1, -0.05) is 30.3 Å².